The van der Waals surface area contributed by atoms with Gasteiger partial charge < -0.3 is 5.32 Å². The van der Waals surface area contributed by atoms with Crippen LogP contribution in [0.25, 0.3) is 0 Å². The van der Waals surface area contributed by atoms with Gasteiger partial charge in [0, 0.05) is 24.3 Å². The normalized spacial score (nSPS) is 19.9. The largest absolute Gasteiger partial charge is 0.416 e. The van der Waals surface area contributed by atoms with Crippen molar-refractivity contribution >= 4 is 11.5 Å². The lowest BCUT2D eigenvalue weighted by atomic mass is 9.88. The predicted octanol–water partition coefficient (Wildman–Crippen LogP) is 5.81. The highest BCUT2D eigenvalue weighted by molar-refractivity contribution is 5.84. The fraction of sp³-hybridized carbons (Fsp3) is 0.435. The van der Waals surface area contributed by atoms with Gasteiger partial charge in [-0.15, -0.1) is 10.6 Å². The lowest BCUT2D eigenvalue weighted by Crippen LogP contribution is -2.44. The molecule has 2 aliphatic heterocycles. The van der Waals surface area contributed by atoms with Gasteiger partial charge in [0.1, 0.15) is 0 Å². The maximum Gasteiger partial charge on any atom is 0.416 e. The number of hydrogen-bond donors (Lipinski definition) is 4. The first kappa shape index (κ1) is 27.8. The van der Waals surface area contributed by atoms with E-state index in [4.69, 9.17) is 0 Å². The number of hydrazone groups is 1. The van der Waals surface area contributed by atoms with Crippen molar-refractivity contribution in [1.82, 2.24) is 21.4 Å². The average molecular weight is 554 g/mol. The molecule has 0 fully saturated rings. The van der Waals surface area contributed by atoms with Crippen LogP contribution >= 0.6 is 0 Å². The van der Waals surface area contributed by atoms with E-state index in [2.05, 4.69) is 26.9 Å². The number of halogens is 9. The summed E-state index contributed by atoms with van der Waals surface area (Å²) in [5.41, 5.74) is 4.02. The molecule has 0 spiro atoms. The van der Waals surface area contributed by atoms with Gasteiger partial charge in [-0.25, -0.2) is 5.53 Å². The van der Waals surface area contributed by atoms with E-state index < -0.39 is 47.8 Å². The molecule has 2 aromatic rings. The van der Waals surface area contributed by atoms with Crippen LogP contribution in [0.3, 0.4) is 0 Å². The summed E-state index contributed by atoms with van der Waals surface area (Å²) < 4.78 is 121. The van der Waals surface area contributed by atoms with Crippen molar-refractivity contribution in [3.05, 3.63) is 64.2 Å². The zero-order chi connectivity index (χ0) is 27.9. The summed E-state index contributed by atoms with van der Waals surface area (Å²) in [6.45, 7) is 1.31. The van der Waals surface area contributed by atoms with Crippen LogP contribution in [0, 0.1) is 0 Å². The Labute approximate surface area is 211 Å². The Morgan fingerprint density at radius 2 is 1.47 bits per heavy atom. The van der Waals surface area contributed by atoms with E-state index in [1.165, 1.54) is 11.0 Å². The highest BCUT2D eigenvalue weighted by Gasteiger charge is 2.39. The van der Waals surface area contributed by atoms with E-state index in [1.807, 2.05) is 6.92 Å². The van der Waals surface area contributed by atoms with E-state index in [0.717, 1.165) is 12.1 Å². The number of amidine groups is 1. The molecule has 0 bridgehead atoms. The van der Waals surface area contributed by atoms with Gasteiger partial charge in [-0.2, -0.15) is 39.5 Å². The molecule has 15 heteroatoms. The molecule has 0 amide bonds. The SMILES string of the molecule is CCC1CC(N(CC2=NNNN2)Cc2cc(C(F)(F)F)cc(C(F)(F)F)c2)c2cc(C(F)(F)F)ccc2N1. The molecule has 2 heterocycles. The van der Waals surface area contributed by atoms with Crippen molar-refractivity contribution in [3.8, 4) is 0 Å². The Morgan fingerprint density at radius 1 is 0.842 bits per heavy atom. The summed E-state index contributed by atoms with van der Waals surface area (Å²) in [5, 5.41) is 7.09. The van der Waals surface area contributed by atoms with Gasteiger partial charge in [-0.05, 0) is 60.4 Å². The molecule has 6 nitrogen and oxygen atoms in total. The van der Waals surface area contributed by atoms with Crippen molar-refractivity contribution in [2.75, 3.05) is 11.9 Å². The molecule has 0 aromatic heterocycles. The lowest BCUT2D eigenvalue weighted by Gasteiger charge is -2.40. The molecule has 2 unspecified atom stereocenters. The molecule has 2 aliphatic rings. The summed E-state index contributed by atoms with van der Waals surface area (Å²) in [5.74, 6) is 0.244. The Bertz CT molecular complexity index is 1160. The molecule has 0 aliphatic carbocycles. The highest BCUT2D eigenvalue weighted by atomic mass is 19.4. The quantitative estimate of drug-likeness (QED) is 0.340. The van der Waals surface area contributed by atoms with Crippen LogP contribution in [0.1, 0.15) is 53.6 Å². The van der Waals surface area contributed by atoms with E-state index in [-0.39, 0.29) is 42.0 Å². The molecule has 0 radical (unpaired) electrons. The number of benzene rings is 2. The molecule has 2 atom stereocenters. The third-order valence-corrected chi connectivity index (χ3v) is 6.38. The lowest BCUT2D eigenvalue weighted by molar-refractivity contribution is -0.143. The molecule has 4 N–H and O–H groups in total. The standard InChI is InChI=1S/C23H23F9N6/c1-2-16-9-19(17-8-13(21(24,25)26)3-4-18(17)33-16)38(11-20-34-36-37-35-20)10-12-5-14(22(27,28)29)7-15(6-12)23(30,31)32/h3-8,16,19,33,36-37H,2,9-11H2,1H3,(H,34,35). The average Bonchev–Trinajstić information content (AvgIpc) is 3.34. The fourth-order valence-electron chi connectivity index (χ4n) is 4.55. The molecular formula is C23H23F9N6. The van der Waals surface area contributed by atoms with Crippen LogP contribution < -0.4 is 21.8 Å². The summed E-state index contributed by atoms with van der Waals surface area (Å²) in [7, 11) is 0. The van der Waals surface area contributed by atoms with Crippen LogP contribution in [0.4, 0.5) is 45.2 Å². The Morgan fingerprint density at radius 3 is 2.00 bits per heavy atom. The Balaban J connectivity index is 1.80. The molecule has 38 heavy (non-hydrogen) atoms. The number of alkyl halides is 9. The molecule has 208 valence electrons. The van der Waals surface area contributed by atoms with Gasteiger partial charge in [-0.1, -0.05) is 6.92 Å². The first-order chi connectivity index (χ1) is 17.6. The molecule has 4 rings (SSSR count). The number of hydrogen-bond acceptors (Lipinski definition) is 6. The first-order valence-electron chi connectivity index (χ1n) is 11.5. The molecule has 2 aromatic carbocycles. The number of nitrogens with one attached hydrogen (secondary N) is 4. The highest BCUT2D eigenvalue weighted by Crippen LogP contribution is 2.42. The van der Waals surface area contributed by atoms with Crippen molar-refractivity contribution < 1.29 is 39.5 Å². The predicted molar refractivity (Wildman–Crippen MR) is 120 cm³/mol. The van der Waals surface area contributed by atoms with Gasteiger partial charge in [0.15, 0.2) is 5.84 Å². The van der Waals surface area contributed by atoms with Crippen molar-refractivity contribution in [1.29, 1.82) is 0 Å². The van der Waals surface area contributed by atoms with Crippen LogP contribution in [0.5, 0.6) is 0 Å². The van der Waals surface area contributed by atoms with E-state index >= 15 is 0 Å². The van der Waals surface area contributed by atoms with Gasteiger partial charge in [0.2, 0.25) is 0 Å². The Kier molecular flexibility index (Phi) is 7.45. The fourth-order valence-corrected chi connectivity index (χ4v) is 4.55. The maximum atomic E-state index is 13.5. The second-order valence-electron chi connectivity index (χ2n) is 9.04. The zero-order valence-corrected chi connectivity index (χ0v) is 19.7. The number of hydrazine groups is 2. The van der Waals surface area contributed by atoms with Crippen molar-refractivity contribution in [2.45, 2.75) is 56.9 Å². The minimum absolute atomic E-state index is 0.0346. The van der Waals surface area contributed by atoms with Gasteiger partial charge in [-0.3, -0.25) is 10.3 Å². The minimum Gasteiger partial charge on any atom is -0.382 e. The number of rotatable bonds is 6. The van der Waals surface area contributed by atoms with Crippen LogP contribution in [0.15, 0.2) is 41.5 Å². The summed E-state index contributed by atoms with van der Waals surface area (Å²) in [6, 6.07) is 3.45. The monoisotopic (exact) mass is 554 g/mol. The van der Waals surface area contributed by atoms with Crippen molar-refractivity contribution in [2.24, 2.45) is 5.10 Å². The van der Waals surface area contributed by atoms with E-state index in [0.29, 0.717) is 24.2 Å². The van der Waals surface area contributed by atoms with Crippen LogP contribution in [-0.2, 0) is 25.1 Å². The zero-order valence-electron chi connectivity index (χ0n) is 19.7. The van der Waals surface area contributed by atoms with Gasteiger partial charge in [0.25, 0.3) is 0 Å². The topological polar surface area (TPSA) is 63.7 Å². The number of nitrogens with zero attached hydrogens (tertiary/aromatic N) is 2. The maximum absolute atomic E-state index is 13.5. The van der Waals surface area contributed by atoms with E-state index in [9.17, 15) is 39.5 Å². The molecule has 0 saturated heterocycles. The third-order valence-electron chi connectivity index (χ3n) is 6.38. The first-order valence-corrected chi connectivity index (χ1v) is 11.5. The second-order valence-corrected chi connectivity index (χ2v) is 9.04. The van der Waals surface area contributed by atoms with Crippen LogP contribution in [0.2, 0.25) is 0 Å². The Hall–Kier alpha value is -3.20. The van der Waals surface area contributed by atoms with Gasteiger partial charge >= 0.3 is 18.5 Å². The summed E-state index contributed by atoms with van der Waals surface area (Å²) >= 11 is 0. The number of anilines is 1. The van der Waals surface area contributed by atoms with Crippen LogP contribution in [-0.4, -0.2) is 23.3 Å². The van der Waals surface area contributed by atoms with Gasteiger partial charge in [0.05, 0.1) is 23.2 Å². The van der Waals surface area contributed by atoms with Crippen molar-refractivity contribution in [3.63, 3.8) is 0 Å². The summed E-state index contributed by atoms with van der Waals surface area (Å²) in [4.78, 5) is 1.51. The smallest absolute Gasteiger partial charge is 0.382 e. The summed E-state index contributed by atoms with van der Waals surface area (Å²) in [6.07, 6.45) is -13.9. The third kappa shape index (κ3) is 6.26. The molecule has 0 saturated carbocycles. The molecular weight excluding hydrogens is 531 g/mol. The number of fused-ring (bicyclic) bond motifs is 1. The minimum atomic E-state index is -5.04. The van der Waals surface area contributed by atoms with E-state index in [1.54, 1.807) is 0 Å². The second kappa shape index (κ2) is 10.2.